The molecule has 8 heteroatoms. The summed E-state index contributed by atoms with van der Waals surface area (Å²) in [5.41, 5.74) is 7.81. The van der Waals surface area contributed by atoms with E-state index in [1.807, 2.05) is 18.2 Å². The van der Waals surface area contributed by atoms with Crippen LogP contribution in [0.5, 0.6) is 0 Å². The van der Waals surface area contributed by atoms with Gasteiger partial charge in [-0.2, -0.15) is 0 Å². The Labute approximate surface area is 144 Å². The number of nitrogens with two attached hydrogens (primary N) is 1. The molecule has 0 saturated heterocycles. The maximum Gasteiger partial charge on any atom is 0.270 e. The van der Waals surface area contributed by atoms with E-state index in [-0.39, 0.29) is 24.1 Å². The van der Waals surface area contributed by atoms with E-state index in [1.54, 1.807) is 19.2 Å². The van der Waals surface area contributed by atoms with Crippen LogP contribution in [0, 0.1) is 0 Å². The molecule has 3 heterocycles. The lowest BCUT2D eigenvalue weighted by molar-refractivity contribution is 0.0945. The fraction of sp³-hybridized carbons (Fsp3) is 0.176. The number of rotatable bonds is 6. The predicted molar refractivity (Wildman–Crippen MR) is 90.3 cm³/mol. The second-order valence-electron chi connectivity index (χ2n) is 5.21. The number of nitrogen functional groups attached to an aromatic ring is 1. The van der Waals surface area contributed by atoms with Crippen LogP contribution in [0.3, 0.4) is 0 Å². The van der Waals surface area contributed by atoms with Crippen molar-refractivity contribution in [2.45, 2.75) is 13.2 Å². The quantitative estimate of drug-likeness (QED) is 0.703. The molecule has 0 aromatic carbocycles. The van der Waals surface area contributed by atoms with Gasteiger partial charge in [-0.1, -0.05) is 6.07 Å². The highest BCUT2D eigenvalue weighted by Gasteiger charge is 2.13. The van der Waals surface area contributed by atoms with E-state index < -0.39 is 0 Å². The first-order valence-corrected chi connectivity index (χ1v) is 7.56. The van der Waals surface area contributed by atoms with Crippen molar-refractivity contribution in [1.82, 2.24) is 20.3 Å². The largest absolute Gasteiger partial charge is 0.463 e. The van der Waals surface area contributed by atoms with Gasteiger partial charge in [0, 0.05) is 7.11 Å². The highest BCUT2D eigenvalue weighted by Crippen LogP contribution is 2.18. The second-order valence-corrected chi connectivity index (χ2v) is 5.21. The molecule has 0 bridgehead atoms. The average Bonchev–Trinajstić information content (AvgIpc) is 3.14. The van der Waals surface area contributed by atoms with E-state index in [9.17, 15) is 4.79 Å². The number of furan rings is 1. The lowest BCUT2D eigenvalue weighted by Crippen LogP contribution is -2.25. The third kappa shape index (κ3) is 4.18. The van der Waals surface area contributed by atoms with Crippen molar-refractivity contribution in [3.8, 4) is 11.5 Å². The highest BCUT2D eigenvalue weighted by molar-refractivity contribution is 5.93. The van der Waals surface area contributed by atoms with Crippen molar-refractivity contribution in [2.24, 2.45) is 0 Å². The van der Waals surface area contributed by atoms with Crippen molar-refractivity contribution in [2.75, 3.05) is 12.8 Å². The molecule has 3 rings (SSSR count). The standard InChI is InChI=1S/C17H17N5O3/c1-24-10-12-5-2-4-11(20-12)9-19-16(23)14-8-13(21-17(18)22-14)15-6-3-7-25-15/h2-8H,9-10H2,1H3,(H,19,23)(H2,18,21,22). The number of hydrogen-bond acceptors (Lipinski definition) is 7. The number of nitrogens with zero attached hydrogens (tertiary/aromatic N) is 3. The van der Waals surface area contributed by atoms with Crippen LogP contribution in [-0.4, -0.2) is 28.0 Å². The lowest BCUT2D eigenvalue weighted by Gasteiger charge is -2.07. The number of nitrogens with one attached hydrogen (secondary N) is 1. The van der Waals surface area contributed by atoms with E-state index in [4.69, 9.17) is 14.9 Å². The van der Waals surface area contributed by atoms with Gasteiger partial charge in [-0.25, -0.2) is 9.97 Å². The predicted octanol–water partition coefficient (Wildman–Crippen LogP) is 1.79. The molecule has 0 radical (unpaired) electrons. The minimum atomic E-state index is -0.374. The molecule has 0 saturated carbocycles. The number of methoxy groups -OCH3 is 1. The topological polar surface area (TPSA) is 116 Å². The Kier molecular flexibility index (Phi) is 5.00. The van der Waals surface area contributed by atoms with Crippen molar-refractivity contribution < 1.29 is 13.9 Å². The summed E-state index contributed by atoms with van der Waals surface area (Å²) in [6.45, 7) is 0.674. The number of anilines is 1. The van der Waals surface area contributed by atoms with E-state index >= 15 is 0 Å². The number of amides is 1. The van der Waals surface area contributed by atoms with Gasteiger partial charge in [-0.3, -0.25) is 9.78 Å². The van der Waals surface area contributed by atoms with E-state index in [2.05, 4.69) is 20.3 Å². The van der Waals surface area contributed by atoms with Gasteiger partial charge in [0.2, 0.25) is 5.95 Å². The Hall–Kier alpha value is -3.26. The third-order valence-electron chi connectivity index (χ3n) is 3.34. The van der Waals surface area contributed by atoms with Crippen LogP contribution in [0.15, 0.2) is 47.1 Å². The van der Waals surface area contributed by atoms with Gasteiger partial charge < -0.3 is 20.2 Å². The van der Waals surface area contributed by atoms with Crippen molar-refractivity contribution in [1.29, 1.82) is 0 Å². The summed E-state index contributed by atoms with van der Waals surface area (Å²) in [6.07, 6.45) is 1.52. The van der Waals surface area contributed by atoms with Gasteiger partial charge in [0.15, 0.2) is 5.76 Å². The van der Waals surface area contributed by atoms with E-state index in [1.165, 1.54) is 12.3 Å². The van der Waals surface area contributed by atoms with Crippen molar-refractivity contribution in [3.63, 3.8) is 0 Å². The van der Waals surface area contributed by atoms with Crippen LogP contribution >= 0.6 is 0 Å². The molecule has 8 nitrogen and oxygen atoms in total. The molecule has 0 atom stereocenters. The molecule has 0 aliphatic rings. The zero-order valence-electron chi connectivity index (χ0n) is 13.6. The molecule has 3 aromatic rings. The summed E-state index contributed by atoms with van der Waals surface area (Å²) in [5.74, 6) is 0.136. The highest BCUT2D eigenvalue weighted by atomic mass is 16.5. The van der Waals surface area contributed by atoms with E-state index in [0.29, 0.717) is 18.1 Å². The second kappa shape index (κ2) is 7.54. The molecular formula is C17H17N5O3. The molecule has 3 aromatic heterocycles. The van der Waals surface area contributed by atoms with Crippen molar-refractivity contribution >= 4 is 11.9 Å². The molecule has 0 spiro atoms. The van der Waals surface area contributed by atoms with Gasteiger partial charge in [0.25, 0.3) is 5.91 Å². The lowest BCUT2D eigenvalue weighted by atomic mass is 10.2. The Bertz CT molecular complexity index is 864. The Morgan fingerprint density at radius 3 is 2.80 bits per heavy atom. The van der Waals surface area contributed by atoms with Crippen LogP contribution in [0.25, 0.3) is 11.5 Å². The first-order valence-electron chi connectivity index (χ1n) is 7.56. The molecule has 1 amide bonds. The summed E-state index contributed by atoms with van der Waals surface area (Å²) in [6, 6.07) is 10.5. The maximum atomic E-state index is 12.4. The van der Waals surface area contributed by atoms with Crippen molar-refractivity contribution in [3.05, 3.63) is 59.7 Å². The molecule has 3 N–H and O–H groups in total. The number of pyridine rings is 1. The van der Waals surface area contributed by atoms with E-state index in [0.717, 1.165) is 11.4 Å². The SMILES string of the molecule is COCc1cccc(CNC(=O)c2cc(-c3ccco3)nc(N)n2)n1. The smallest absolute Gasteiger partial charge is 0.270 e. The van der Waals surface area contributed by atoms with Gasteiger partial charge in [-0.05, 0) is 30.3 Å². The fourth-order valence-electron chi connectivity index (χ4n) is 2.25. The minimum Gasteiger partial charge on any atom is -0.463 e. The number of carbonyl (C=O) groups is 1. The summed E-state index contributed by atoms with van der Waals surface area (Å²) < 4.78 is 10.3. The molecule has 0 aliphatic carbocycles. The van der Waals surface area contributed by atoms with Gasteiger partial charge in [0.05, 0.1) is 30.8 Å². The van der Waals surface area contributed by atoms with Crippen LogP contribution in [0.1, 0.15) is 21.9 Å². The molecule has 0 fully saturated rings. The zero-order valence-corrected chi connectivity index (χ0v) is 13.6. The van der Waals surface area contributed by atoms with Crippen LogP contribution in [0.4, 0.5) is 5.95 Å². The number of hydrogen-bond donors (Lipinski definition) is 2. The average molecular weight is 339 g/mol. The Morgan fingerprint density at radius 2 is 2.04 bits per heavy atom. The minimum absolute atomic E-state index is 0.000679. The van der Waals surface area contributed by atoms with Gasteiger partial charge in [0.1, 0.15) is 11.4 Å². The summed E-state index contributed by atoms with van der Waals surface area (Å²) in [5, 5.41) is 2.77. The Morgan fingerprint density at radius 1 is 1.20 bits per heavy atom. The number of ether oxygens (including phenoxy) is 1. The van der Waals surface area contributed by atoms with Gasteiger partial charge in [-0.15, -0.1) is 0 Å². The Balaban J connectivity index is 1.72. The van der Waals surface area contributed by atoms with Gasteiger partial charge >= 0.3 is 0 Å². The molecule has 0 aliphatic heterocycles. The number of carbonyl (C=O) groups excluding carboxylic acids is 1. The summed E-state index contributed by atoms with van der Waals surface area (Å²) in [4.78, 5) is 24.8. The summed E-state index contributed by atoms with van der Waals surface area (Å²) >= 11 is 0. The number of aromatic nitrogens is 3. The normalized spacial score (nSPS) is 10.6. The molecule has 128 valence electrons. The first kappa shape index (κ1) is 16.6. The fourth-order valence-corrected chi connectivity index (χ4v) is 2.25. The monoisotopic (exact) mass is 339 g/mol. The first-order chi connectivity index (χ1) is 12.2. The van der Waals surface area contributed by atoms with Crippen LogP contribution in [-0.2, 0) is 17.9 Å². The maximum absolute atomic E-state index is 12.4. The molecule has 25 heavy (non-hydrogen) atoms. The zero-order chi connectivity index (χ0) is 17.6. The molecular weight excluding hydrogens is 322 g/mol. The molecule has 0 unspecified atom stereocenters. The third-order valence-corrected chi connectivity index (χ3v) is 3.34. The van der Waals surface area contributed by atoms with Crippen LogP contribution < -0.4 is 11.1 Å². The van der Waals surface area contributed by atoms with Crippen LogP contribution in [0.2, 0.25) is 0 Å². The summed E-state index contributed by atoms with van der Waals surface area (Å²) in [7, 11) is 1.60.